The maximum absolute atomic E-state index is 12.5. The third kappa shape index (κ3) is 6.73. The molecule has 1 aliphatic rings. The summed E-state index contributed by atoms with van der Waals surface area (Å²) in [5, 5.41) is 3.30. The van der Waals surface area contributed by atoms with Crippen molar-refractivity contribution in [2.45, 2.75) is 19.2 Å². The molecule has 0 atom stereocenters. The Balaban J connectivity index is 1.59. The van der Waals surface area contributed by atoms with Crippen LogP contribution in [-0.2, 0) is 9.84 Å². The predicted molar refractivity (Wildman–Crippen MR) is 113 cm³/mol. The van der Waals surface area contributed by atoms with Crippen LogP contribution in [0.1, 0.15) is 18.7 Å². The summed E-state index contributed by atoms with van der Waals surface area (Å²) in [4.78, 5) is 4.33. The molecule has 0 bridgehead atoms. The topological polar surface area (TPSA) is 85.2 Å². The summed E-state index contributed by atoms with van der Waals surface area (Å²) in [7, 11) is -1.16. The van der Waals surface area contributed by atoms with Crippen molar-refractivity contribution in [2.75, 3.05) is 37.1 Å². The number of alkyl halides is 3. The second-order valence-corrected chi connectivity index (χ2v) is 9.60. The predicted octanol–water partition coefficient (Wildman–Crippen LogP) is 3.05. The van der Waals surface area contributed by atoms with Crippen molar-refractivity contribution in [3.8, 4) is 17.0 Å². The number of hydrogen-bond acceptors (Lipinski definition) is 6. The van der Waals surface area contributed by atoms with E-state index in [-0.39, 0.29) is 17.3 Å². The molecule has 1 aromatic heterocycles. The molecular weight excluding hydrogens is 433 g/mol. The Morgan fingerprint density at radius 3 is 2.71 bits per heavy atom. The van der Waals surface area contributed by atoms with Crippen molar-refractivity contribution in [1.82, 2.24) is 15.0 Å². The molecule has 1 saturated heterocycles. The highest BCUT2D eigenvalue weighted by atomic mass is 32.2. The van der Waals surface area contributed by atoms with E-state index < -0.39 is 16.2 Å². The van der Waals surface area contributed by atoms with Gasteiger partial charge in [-0.25, -0.2) is 18.1 Å². The lowest BCUT2D eigenvalue weighted by Gasteiger charge is -2.21. The van der Waals surface area contributed by atoms with Gasteiger partial charge >= 0.3 is 6.36 Å². The molecule has 1 aliphatic heterocycles. The zero-order valence-electron chi connectivity index (χ0n) is 17.0. The molecule has 2 N–H and O–H groups in total. The van der Waals surface area contributed by atoms with Crippen molar-refractivity contribution in [2.24, 2.45) is 5.92 Å². The molecule has 0 radical (unpaired) electrons. The Morgan fingerprint density at radius 1 is 1.29 bits per heavy atom. The maximum atomic E-state index is 12.5. The van der Waals surface area contributed by atoms with E-state index in [1.807, 2.05) is 6.08 Å². The molecule has 0 spiro atoms. The summed E-state index contributed by atoms with van der Waals surface area (Å²) in [5.41, 5.74) is 4.08. The number of sulfone groups is 1. The van der Waals surface area contributed by atoms with Crippen molar-refractivity contribution in [1.29, 1.82) is 0 Å². The zero-order chi connectivity index (χ0) is 22.5. The summed E-state index contributed by atoms with van der Waals surface area (Å²) in [5.74, 6) is 1.16. The summed E-state index contributed by atoms with van der Waals surface area (Å²) < 4.78 is 66.1. The van der Waals surface area contributed by atoms with Gasteiger partial charge in [0.2, 0.25) is 0 Å². The first-order valence-corrected chi connectivity index (χ1v) is 11.7. The highest BCUT2D eigenvalue weighted by molar-refractivity contribution is 7.91. The molecule has 0 amide bonds. The van der Waals surface area contributed by atoms with Gasteiger partial charge in [-0.3, -0.25) is 0 Å². The fraction of sp³-hybridized carbons (Fsp3) is 0.450. The lowest BCUT2D eigenvalue weighted by Crippen LogP contribution is -2.30. The molecule has 1 fully saturated rings. The van der Waals surface area contributed by atoms with Gasteiger partial charge in [0.15, 0.2) is 5.82 Å². The summed E-state index contributed by atoms with van der Waals surface area (Å²) >= 11 is 0. The minimum Gasteiger partial charge on any atom is -0.406 e. The highest BCUT2D eigenvalue weighted by Crippen LogP contribution is 2.28. The number of nitrogens with one attached hydrogen (secondary N) is 2. The standard InChI is InChI=1S/C20H25F3N4O3S/c1-24-27-18(16-4-2-5-17(12-16)30-20(21,22)23)14-26-19(27)6-3-9-25-13-15-7-10-31(28,29)11-8-15/h2-6,12,14-15,24-25H,7-11,13H2,1H3/b6-3-. The van der Waals surface area contributed by atoms with E-state index >= 15 is 0 Å². The van der Waals surface area contributed by atoms with Gasteiger partial charge < -0.3 is 15.5 Å². The molecule has 7 nitrogen and oxygen atoms in total. The molecule has 170 valence electrons. The zero-order valence-corrected chi connectivity index (χ0v) is 17.8. The van der Waals surface area contributed by atoms with E-state index in [4.69, 9.17) is 0 Å². The number of halogens is 3. The number of hydrogen-bond donors (Lipinski definition) is 2. The van der Waals surface area contributed by atoms with Crippen LogP contribution in [0.4, 0.5) is 13.2 Å². The minimum absolute atomic E-state index is 0.257. The first kappa shape index (κ1) is 23.1. The molecule has 0 saturated carbocycles. The summed E-state index contributed by atoms with van der Waals surface area (Å²) in [6, 6.07) is 5.70. The fourth-order valence-electron chi connectivity index (χ4n) is 3.45. The summed E-state index contributed by atoms with van der Waals surface area (Å²) in [6.07, 6.45) is 1.87. The van der Waals surface area contributed by atoms with Gasteiger partial charge in [-0.2, -0.15) is 0 Å². The third-order valence-electron chi connectivity index (χ3n) is 5.01. The van der Waals surface area contributed by atoms with Crippen LogP contribution in [0, 0.1) is 5.92 Å². The summed E-state index contributed by atoms with van der Waals surface area (Å²) in [6.45, 7) is 1.33. The van der Waals surface area contributed by atoms with Crippen LogP contribution < -0.4 is 15.5 Å². The number of rotatable bonds is 8. The van der Waals surface area contributed by atoms with E-state index in [9.17, 15) is 21.6 Å². The molecular formula is C20H25F3N4O3S. The Bertz CT molecular complexity index is 1000. The lowest BCUT2D eigenvalue weighted by atomic mass is 10.0. The van der Waals surface area contributed by atoms with Crippen LogP contribution in [0.25, 0.3) is 17.3 Å². The quantitative estimate of drug-likeness (QED) is 0.592. The van der Waals surface area contributed by atoms with Crippen molar-refractivity contribution >= 4 is 15.9 Å². The molecule has 11 heteroatoms. The monoisotopic (exact) mass is 458 g/mol. The van der Waals surface area contributed by atoms with E-state index in [0.29, 0.717) is 42.4 Å². The average Bonchev–Trinajstić information content (AvgIpc) is 3.10. The van der Waals surface area contributed by atoms with Crippen molar-refractivity contribution in [3.05, 3.63) is 42.4 Å². The van der Waals surface area contributed by atoms with Crippen LogP contribution >= 0.6 is 0 Å². The van der Waals surface area contributed by atoms with Gasteiger partial charge in [0.25, 0.3) is 0 Å². The average molecular weight is 459 g/mol. The maximum Gasteiger partial charge on any atom is 0.573 e. The molecule has 3 rings (SSSR count). The van der Waals surface area contributed by atoms with Crippen LogP contribution in [0.2, 0.25) is 0 Å². The number of nitrogens with zero attached hydrogens (tertiary/aromatic N) is 2. The fourth-order valence-corrected chi connectivity index (χ4v) is 5.04. The van der Waals surface area contributed by atoms with Gasteiger partial charge in [-0.05, 0) is 43.5 Å². The van der Waals surface area contributed by atoms with Crippen molar-refractivity contribution < 1.29 is 26.3 Å². The third-order valence-corrected chi connectivity index (χ3v) is 6.73. The SMILES string of the molecule is CNn1c(-c2cccc(OC(F)(F)F)c2)cnc1/C=C\CNCC1CCS(=O)(=O)CC1. The van der Waals surface area contributed by atoms with Gasteiger partial charge in [0, 0.05) is 19.2 Å². The first-order chi connectivity index (χ1) is 14.7. The van der Waals surface area contributed by atoms with E-state index in [1.165, 1.54) is 18.2 Å². The second-order valence-electron chi connectivity index (χ2n) is 7.29. The van der Waals surface area contributed by atoms with Gasteiger partial charge in [0.05, 0.1) is 23.4 Å². The molecule has 1 aromatic carbocycles. The largest absolute Gasteiger partial charge is 0.573 e. The Morgan fingerprint density at radius 2 is 2.03 bits per heavy atom. The Hall–Kier alpha value is -2.53. The molecule has 31 heavy (non-hydrogen) atoms. The van der Waals surface area contributed by atoms with Crippen LogP contribution in [0.15, 0.2) is 36.5 Å². The Kier molecular flexibility index (Phi) is 7.26. The molecule has 0 unspecified atom stereocenters. The van der Waals surface area contributed by atoms with Crippen LogP contribution in [0.3, 0.4) is 0 Å². The van der Waals surface area contributed by atoms with Gasteiger partial charge in [0.1, 0.15) is 15.6 Å². The number of imidazole rings is 1. The molecule has 2 aromatic rings. The Labute approximate surface area is 179 Å². The van der Waals surface area contributed by atoms with E-state index in [0.717, 1.165) is 6.54 Å². The van der Waals surface area contributed by atoms with Crippen LogP contribution in [0.5, 0.6) is 5.75 Å². The molecule has 0 aliphatic carbocycles. The lowest BCUT2D eigenvalue weighted by molar-refractivity contribution is -0.274. The van der Waals surface area contributed by atoms with E-state index in [1.54, 1.807) is 30.1 Å². The number of benzene rings is 1. The smallest absolute Gasteiger partial charge is 0.406 e. The number of ether oxygens (including phenoxy) is 1. The highest BCUT2D eigenvalue weighted by Gasteiger charge is 2.31. The van der Waals surface area contributed by atoms with Gasteiger partial charge in [-0.1, -0.05) is 18.2 Å². The van der Waals surface area contributed by atoms with Crippen LogP contribution in [-0.4, -0.2) is 56.1 Å². The second kappa shape index (κ2) is 9.73. The van der Waals surface area contributed by atoms with Gasteiger partial charge in [-0.15, -0.1) is 13.2 Å². The van der Waals surface area contributed by atoms with Crippen molar-refractivity contribution in [3.63, 3.8) is 0 Å². The molecule has 2 heterocycles. The number of aromatic nitrogens is 2. The first-order valence-electron chi connectivity index (χ1n) is 9.86. The van der Waals surface area contributed by atoms with E-state index in [2.05, 4.69) is 20.5 Å². The minimum atomic E-state index is -4.76. The normalized spacial score (nSPS) is 17.2.